The standard InChI is InChI=1S/C12H12ClNS/c1-9-3-2-4-10(5-9)6-12-14-11(7-13)8-15-12/h2-5,8H,6-7H2,1H3. The van der Waals surface area contributed by atoms with Gasteiger partial charge in [-0.25, -0.2) is 4.98 Å². The number of benzene rings is 1. The lowest BCUT2D eigenvalue weighted by Crippen LogP contribution is -1.88. The van der Waals surface area contributed by atoms with Crippen molar-refractivity contribution in [3.05, 3.63) is 51.5 Å². The molecule has 0 aliphatic rings. The lowest BCUT2D eigenvalue weighted by atomic mass is 10.1. The Morgan fingerprint density at radius 3 is 2.93 bits per heavy atom. The molecule has 15 heavy (non-hydrogen) atoms. The number of rotatable bonds is 3. The number of aromatic nitrogens is 1. The summed E-state index contributed by atoms with van der Waals surface area (Å²) in [6.45, 7) is 2.11. The molecule has 0 spiro atoms. The molecule has 0 radical (unpaired) electrons. The van der Waals surface area contributed by atoms with Gasteiger partial charge in [-0.05, 0) is 12.5 Å². The van der Waals surface area contributed by atoms with Crippen molar-refractivity contribution in [2.75, 3.05) is 0 Å². The van der Waals surface area contributed by atoms with E-state index in [0.29, 0.717) is 5.88 Å². The van der Waals surface area contributed by atoms with Crippen molar-refractivity contribution >= 4 is 22.9 Å². The molecule has 3 heteroatoms. The number of aryl methyl sites for hydroxylation is 1. The van der Waals surface area contributed by atoms with Gasteiger partial charge in [0.1, 0.15) is 0 Å². The molecule has 1 aromatic carbocycles. The highest BCUT2D eigenvalue weighted by Gasteiger charge is 2.02. The summed E-state index contributed by atoms with van der Waals surface area (Å²) in [7, 11) is 0. The van der Waals surface area contributed by atoms with E-state index in [0.717, 1.165) is 17.1 Å². The summed E-state index contributed by atoms with van der Waals surface area (Å²) in [5.74, 6) is 0.504. The number of nitrogens with zero attached hydrogens (tertiary/aromatic N) is 1. The third kappa shape index (κ3) is 2.80. The van der Waals surface area contributed by atoms with E-state index in [2.05, 4.69) is 36.2 Å². The minimum absolute atomic E-state index is 0.504. The zero-order valence-corrected chi connectivity index (χ0v) is 10.1. The van der Waals surface area contributed by atoms with E-state index in [4.69, 9.17) is 11.6 Å². The lowest BCUT2D eigenvalue weighted by Gasteiger charge is -1.99. The maximum Gasteiger partial charge on any atom is 0.0972 e. The minimum atomic E-state index is 0.504. The summed E-state index contributed by atoms with van der Waals surface area (Å²) >= 11 is 7.39. The first-order valence-electron chi connectivity index (χ1n) is 4.83. The van der Waals surface area contributed by atoms with Gasteiger partial charge < -0.3 is 0 Å². The number of hydrogen-bond acceptors (Lipinski definition) is 2. The molecule has 0 saturated heterocycles. The zero-order chi connectivity index (χ0) is 10.7. The Morgan fingerprint density at radius 2 is 2.27 bits per heavy atom. The topological polar surface area (TPSA) is 12.9 Å². The quantitative estimate of drug-likeness (QED) is 0.741. The molecule has 0 aliphatic heterocycles. The molecular formula is C12H12ClNS. The smallest absolute Gasteiger partial charge is 0.0972 e. The zero-order valence-electron chi connectivity index (χ0n) is 8.53. The van der Waals surface area contributed by atoms with E-state index in [1.165, 1.54) is 11.1 Å². The van der Waals surface area contributed by atoms with Crippen LogP contribution in [0.25, 0.3) is 0 Å². The number of thiazole rings is 1. The van der Waals surface area contributed by atoms with Gasteiger partial charge in [0.15, 0.2) is 0 Å². The van der Waals surface area contributed by atoms with E-state index in [1.807, 2.05) is 5.38 Å². The van der Waals surface area contributed by atoms with Crippen molar-refractivity contribution in [3.8, 4) is 0 Å². The van der Waals surface area contributed by atoms with E-state index >= 15 is 0 Å². The highest BCUT2D eigenvalue weighted by Crippen LogP contribution is 2.16. The maximum atomic E-state index is 5.71. The van der Waals surface area contributed by atoms with Gasteiger partial charge >= 0.3 is 0 Å². The first-order chi connectivity index (χ1) is 7.28. The fourth-order valence-corrected chi connectivity index (χ4v) is 2.54. The van der Waals surface area contributed by atoms with Crippen LogP contribution in [0.3, 0.4) is 0 Å². The third-order valence-electron chi connectivity index (χ3n) is 2.17. The molecule has 2 rings (SSSR count). The molecule has 2 aromatic rings. The van der Waals surface area contributed by atoms with Crippen molar-refractivity contribution in [3.63, 3.8) is 0 Å². The Bertz CT molecular complexity index is 450. The van der Waals surface area contributed by atoms with Gasteiger partial charge in [0.05, 0.1) is 16.6 Å². The summed E-state index contributed by atoms with van der Waals surface area (Å²) in [6.07, 6.45) is 0.906. The molecule has 0 unspecified atom stereocenters. The van der Waals surface area contributed by atoms with Crippen LogP contribution in [0.5, 0.6) is 0 Å². The molecule has 78 valence electrons. The summed E-state index contributed by atoms with van der Waals surface area (Å²) in [6, 6.07) is 8.52. The van der Waals surface area contributed by atoms with E-state index in [1.54, 1.807) is 11.3 Å². The van der Waals surface area contributed by atoms with E-state index in [-0.39, 0.29) is 0 Å². The SMILES string of the molecule is Cc1cccc(Cc2nc(CCl)cs2)c1. The van der Waals surface area contributed by atoms with Gasteiger partial charge in [0, 0.05) is 11.8 Å². The van der Waals surface area contributed by atoms with Crippen molar-refractivity contribution < 1.29 is 0 Å². The second-order valence-electron chi connectivity index (χ2n) is 3.53. The minimum Gasteiger partial charge on any atom is -0.245 e. The molecule has 0 atom stereocenters. The Morgan fingerprint density at radius 1 is 1.40 bits per heavy atom. The first-order valence-corrected chi connectivity index (χ1v) is 6.24. The van der Waals surface area contributed by atoms with Crippen molar-refractivity contribution in [2.45, 2.75) is 19.2 Å². The molecule has 1 nitrogen and oxygen atoms in total. The average molecular weight is 238 g/mol. The van der Waals surface area contributed by atoms with Crippen LogP contribution < -0.4 is 0 Å². The molecule has 0 fully saturated rings. The molecule has 0 aliphatic carbocycles. The van der Waals surface area contributed by atoms with Gasteiger partial charge in [0.25, 0.3) is 0 Å². The molecule has 1 heterocycles. The molecule has 1 aromatic heterocycles. The average Bonchev–Trinajstić information content (AvgIpc) is 2.65. The maximum absolute atomic E-state index is 5.71. The second-order valence-corrected chi connectivity index (χ2v) is 4.74. The molecule has 0 saturated carbocycles. The van der Waals surface area contributed by atoms with Gasteiger partial charge in [-0.1, -0.05) is 29.8 Å². The Hall–Kier alpha value is -0.860. The van der Waals surface area contributed by atoms with Gasteiger partial charge in [-0.3, -0.25) is 0 Å². The van der Waals surface area contributed by atoms with E-state index in [9.17, 15) is 0 Å². The van der Waals surface area contributed by atoms with E-state index < -0.39 is 0 Å². The highest BCUT2D eigenvalue weighted by molar-refractivity contribution is 7.09. The number of halogens is 1. The van der Waals surface area contributed by atoms with Crippen LogP contribution in [0.1, 0.15) is 21.8 Å². The summed E-state index contributed by atoms with van der Waals surface area (Å²) in [5, 5.41) is 3.16. The van der Waals surface area contributed by atoms with Crippen molar-refractivity contribution in [1.29, 1.82) is 0 Å². The number of alkyl halides is 1. The van der Waals surface area contributed by atoms with Crippen LogP contribution in [0, 0.1) is 6.92 Å². The normalized spacial score (nSPS) is 10.5. The fourth-order valence-electron chi connectivity index (χ4n) is 1.49. The monoisotopic (exact) mass is 237 g/mol. The Labute approximate surface area is 98.7 Å². The summed E-state index contributed by atoms with van der Waals surface area (Å²) < 4.78 is 0. The molecule has 0 N–H and O–H groups in total. The van der Waals surface area contributed by atoms with Crippen LogP contribution in [0.4, 0.5) is 0 Å². The largest absolute Gasteiger partial charge is 0.245 e. The Kier molecular flexibility index (Phi) is 3.39. The fraction of sp³-hybridized carbons (Fsp3) is 0.250. The summed E-state index contributed by atoms with van der Waals surface area (Å²) in [5.41, 5.74) is 3.58. The first kappa shape index (κ1) is 10.7. The number of hydrogen-bond donors (Lipinski definition) is 0. The Balaban J connectivity index is 2.14. The van der Waals surface area contributed by atoms with Gasteiger partial charge in [0.2, 0.25) is 0 Å². The lowest BCUT2D eigenvalue weighted by molar-refractivity contribution is 1.09. The highest BCUT2D eigenvalue weighted by atomic mass is 35.5. The van der Waals surface area contributed by atoms with Crippen LogP contribution in [0.2, 0.25) is 0 Å². The van der Waals surface area contributed by atoms with Crippen molar-refractivity contribution in [1.82, 2.24) is 4.98 Å². The van der Waals surface area contributed by atoms with Gasteiger partial charge in [-0.15, -0.1) is 22.9 Å². The van der Waals surface area contributed by atoms with Gasteiger partial charge in [-0.2, -0.15) is 0 Å². The molecule has 0 bridgehead atoms. The second kappa shape index (κ2) is 4.77. The predicted molar refractivity (Wildman–Crippen MR) is 65.7 cm³/mol. The molecular weight excluding hydrogens is 226 g/mol. The molecule has 0 amide bonds. The predicted octanol–water partition coefficient (Wildman–Crippen LogP) is 3.78. The third-order valence-corrected chi connectivity index (χ3v) is 3.35. The van der Waals surface area contributed by atoms with Crippen LogP contribution in [0.15, 0.2) is 29.6 Å². The van der Waals surface area contributed by atoms with Crippen LogP contribution >= 0.6 is 22.9 Å². The van der Waals surface area contributed by atoms with Crippen molar-refractivity contribution in [2.24, 2.45) is 0 Å². The van der Waals surface area contributed by atoms with Crippen LogP contribution in [-0.2, 0) is 12.3 Å². The van der Waals surface area contributed by atoms with Crippen LogP contribution in [-0.4, -0.2) is 4.98 Å². The summed E-state index contributed by atoms with van der Waals surface area (Å²) in [4.78, 5) is 4.44.